The second-order valence-corrected chi connectivity index (χ2v) is 4.71. The Balaban J connectivity index is 0.00000144. The van der Waals surface area contributed by atoms with Crippen molar-refractivity contribution in [1.29, 1.82) is 0 Å². The zero-order valence-electron chi connectivity index (χ0n) is 10.5. The van der Waals surface area contributed by atoms with Gasteiger partial charge in [-0.2, -0.15) is 0 Å². The van der Waals surface area contributed by atoms with Crippen LogP contribution in [0.25, 0.3) is 0 Å². The van der Waals surface area contributed by atoms with Gasteiger partial charge in [0.1, 0.15) is 0 Å². The summed E-state index contributed by atoms with van der Waals surface area (Å²) in [5.74, 6) is 0.280. The van der Waals surface area contributed by atoms with Gasteiger partial charge in [-0.15, -0.1) is 12.4 Å². The average molecular weight is 263 g/mol. The van der Waals surface area contributed by atoms with Gasteiger partial charge in [0.2, 0.25) is 5.91 Å². The molecule has 2 heterocycles. The van der Waals surface area contributed by atoms with Gasteiger partial charge in [-0.3, -0.25) is 4.79 Å². The summed E-state index contributed by atoms with van der Waals surface area (Å²) in [6, 6.07) is 0.0698. The van der Waals surface area contributed by atoms with E-state index in [1.165, 1.54) is 0 Å². The molecule has 2 aliphatic rings. The predicted octanol–water partition coefficient (Wildman–Crippen LogP) is 1.19. The second-order valence-electron chi connectivity index (χ2n) is 4.71. The molecule has 0 aromatic carbocycles. The van der Waals surface area contributed by atoms with Crippen molar-refractivity contribution in [2.75, 3.05) is 26.2 Å². The van der Waals surface area contributed by atoms with Crippen LogP contribution < -0.4 is 5.32 Å². The molecule has 100 valence electrons. The maximum absolute atomic E-state index is 12.2. The van der Waals surface area contributed by atoms with Crippen molar-refractivity contribution < 1.29 is 9.53 Å². The third-order valence-electron chi connectivity index (χ3n) is 3.42. The molecule has 1 N–H and O–H groups in total. The van der Waals surface area contributed by atoms with E-state index in [-0.39, 0.29) is 30.5 Å². The molecule has 0 spiro atoms. The Labute approximate surface area is 109 Å². The molecule has 0 aromatic rings. The first-order chi connectivity index (χ1) is 7.81. The number of ether oxygens (including phenoxy) is 1. The van der Waals surface area contributed by atoms with Gasteiger partial charge < -0.3 is 15.0 Å². The summed E-state index contributed by atoms with van der Waals surface area (Å²) >= 11 is 0. The third kappa shape index (κ3) is 3.83. The topological polar surface area (TPSA) is 41.6 Å². The molecule has 2 rings (SSSR count). The quantitative estimate of drug-likeness (QED) is 0.831. The lowest BCUT2D eigenvalue weighted by Crippen LogP contribution is -2.51. The van der Waals surface area contributed by atoms with E-state index >= 15 is 0 Å². The van der Waals surface area contributed by atoms with Crippen molar-refractivity contribution in [2.45, 2.75) is 44.8 Å². The lowest BCUT2D eigenvalue weighted by molar-refractivity contribution is -0.140. The third-order valence-corrected chi connectivity index (χ3v) is 3.42. The number of carbonyl (C=O) groups excluding carboxylic acids is 1. The number of nitrogens with zero attached hydrogens (tertiary/aromatic N) is 1. The van der Waals surface area contributed by atoms with Gasteiger partial charge in [-0.25, -0.2) is 0 Å². The van der Waals surface area contributed by atoms with E-state index in [0.29, 0.717) is 6.61 Å². The van der Waals surface area contributed by atoms with E-state index in [1.54, 1.807) is 0 Å². The molecule has 5 heteroatoms. The van der Waals surface area contributed by atoms with Crippen molar-refractivity contribution >= 4 is 18.3 Å². The average Bonchev–Trinajstić information content (AvgIpc) is 2.82. The molecule has 2 aliphatic heterocycles. The number of halogens is 1. The van der Waals surface area contributed by atoms with Crippen LogP contribution in [0.2, 0.25) is 0 Å². The number of amides is 1. The molecule has 2 saturated heterocycles. The molecular formula is C12H23ClN2O2. The minimum absolute atomic E-state index is 0. The fourth-order valence-corrected chi connectivity index (χ4v) is 2.53. The summed E-state index contributed by atoms with van der Waals surface area (Å²) in [5.41, 5.74) is 0. The van der Waals surface area contributed by atoms with Gasteiger partial charge in [-0.1, -0.05) is 13.3 Å². The van der Waals surface area contributed by atoms with Crippen LogP contribution in [0.1, 0.15) is 32.6 Å². The second kappa shape index (κ2) is 7.19. The normalized spacial score (nSPS) is 28.9. The van der Waals surface area contributed by atoms with E-state index in [2.05, 4.69) is 12.2 Å². The monoisotopic (exact) mass is 262 g/mol. The van der Waals surface area contributed by atoms with Crippen LogP contribution in [0.4, 0.5) is 0 Å². The van der Waals surface area contributed by atoms with E-state index in [0.717, 1.165) is 45.3 Å². The van der Waals surface area contributed by atoms with E-state index in [9.17, 15) is 4.79 Å². The summed E-state index contributed by atoms with van der Waals surface area (Å²) in [7, 11) is 0. The molecular weight excluding hydrogens is 240 g/mol. The van der Waals surface area contributed by atoms with Crippen molar-refractivity contribution in [2.24, 2.45) is 0 Å². The zero-order chi connectivity index (χ0) is 11.4. The van der Waals surface area contributed by atoms with E-state index in [1.807, 2.05) is 4.90 Å². The van der Waals surface area contributed by atoms with Crippen LogP contribution >= 0.6 is 12.4 Å². The van der Waals surface area contributed by atoms with Crippen LogP contribution in [0, 0.1) is 0 Å². The zero-order valence-corrected chi connectivity index (χ0v) is 11.3. The van der Waals surface area contributed by atoms with Crippen LogP contribution in [0.15, 0.2) is 0 Å². The molecule has 2 atom stereocenters. The van der Waals surface area contributed by atoms with Crippen LogP contribution in [0.5, 0.6) is 0 Å². The summed E-state index contributed by atoms with van der Waals surface area (Å²) in [5, 5.41) is 3.27. The van der Waals surface area contributed by atoms with Gasteiger partial charge in [-0.05, 0) is 25.8 Å². The summed E-state index contributed by atoms with van der Waals surface area (Å²) in [4.78, 5) is 14.1. The Morgan fingerprint density at radius 2 is 2.35 bits per heavy atom. The van der Waals surface area contributed by atoms with Crippen molar-refractivity contribution in [1.82, 2.24) is 10.2 Å². The first-order valence-electron chi connectivity index (χ1n) is 6.45. The van der Waals surface area contributed by atoms with Gasteiger partial charge in [0.05, 0.1) is 18.8 Å². The lowest BCUT2D eigenvalue weighted by atomic mass is 10.1. The van der Waals surface area contributed by atoms with Gasteiger partial charge >= 0.3 is 0 Å². The molecule has 17 heavy (non-hydrogen) atoms. The molecule has 2 fully saturated rings. The highest BCUT2D eigenvalue weighted by atomic mass is 35.5. The summed E-state index contributed by atoms with van der Waals surface area (Å²) in [6.45, 7) is 5.38. The Hall–Kier alpha value is -0.320. The number of hydrogen-bond donors (Lipinski definition) is 1. The molecule has 0 saturated carbocycles. The van der Waals surface area contributed by atoms with E-state index in [4.69, 9.17) is 4.74 Å². The maximum Gasteiger partial charge on any atom is 0.239 e. The SMILES string of the molecule is CCCC1CN(C(=O)C2CCCN2)CCO1.Cl. The molecule has 0 aliphatic carbocycles. The van der Waals surface area contributed by atoms with E-state index < -0.39 is 0 Å². The summed E-state index contributed by atoms with van der Waals surface area (Å²) in [6.07, 6.45) is 4.55. The molecule has 1 amide bonds. The maximum atomic E-state index is 12.2. The number of rotatable bonds is 3. The fraction of sp³-hybridized carbons (Fsp3) is 0.917. The molecule has 0 radical (unpaired) electrons. The number of hydrogen-bond acceptors (Lipinski definition) is 3. The molecule has 0 aromatic heterocycles. The van der Waals surface area contributed by atoms with Gasteiger partial charge in [0.15, 0.2) is 0 Å². The van der Waals surface area contributed by atoms with Crippen molar-refractivity contribution in [3.05, 3.63) is 0 Å². The Morgan fingerprint density at radius 3 is 3.00 bits per heavy atom. The Kier molecular flexibility index (Phi) is 6.23. The smallest absolute Gasteiger partial charge is 0.239 e. The van der Waals surface area contributed by atoms with Crippen molar-refractivity contribution in [3.63, 3.8) is 0 Å². The largest absolute Gasteiger partial charge is 0.375 e. The highest BCUT2D eigenvalue weighted by molar-refractivity contribution is 5.85. The minimum atomic E-state index is 0. The lowest BCUT2D eigenvalue weighted by Gasteiger charge is -2.34. The van der Waals surface area contributed by atoms with Crippen molar-refractivity contribution in [3.8, 4) is 0 Å². The number of nitrogens with one attached hydrogen (secondary N) is 1. The first-order valence-corrected chi connectivity index (χ1v) is 6.45. The summed E-state index contributed by atoms with van der Waals surface area (Å²) < 4.78 is 5.65. The highest BCUT2D eigenvalue weighted by Gasteiger charge is 2.30. The minimum Gasteiger partial charge on any atom is -0.375 e. The van der Waals surface area contributed by atoms with Gasteiger partial charge in [0.25, 0.3) is 0 Å². The molecule has 2 unspecified atom stereocenters. The first kappa shape index (κ1) is 14.7. The number of carbonyl (C=O) groups is 1. The number of morpholine rings is 1. The Morgan fingerprint density at radius 1 is 1.53 bits per heavy atom. The van der Waals surface area contributed by atoms with Crippen LogP contribution in [0.3, 0.4) is 0 Å². The standard InChI is InChI=1S/C12H22N2O2.ClH/c1-2-4-10-9-14(7-8-16-10)12(15)11-5-3-6-13-11;/h10-11,13H,2-9H2,1H3;1H. The van der Waals surface area contributed by atoms with Crippen LogP contribution in [-0.4, -0.2) is 49.2 Å². The molecule has 0 bridgehead atoms. The van der Waals surface area contributed by atoms with Crippen LogP contribution in [-0.2, 0) is 9.53 Å². The Bertz CT molecular complexity index is 243. The predicted molar refractivity (Wildman–Crippen MR) is 69.5 cm³/mol. The highest BCUT2D eigenvalue weighted by Crippen LogP contribution is 2.14. The fourth-order valence-electron chi connectivity index (χ4n) is 2.53. The van der Waals surface area contributed by atoms with Gasteiger partial charge in [0, 0.05) is 13.1 Å². The molecule has 4 nitrogen and oxygen atoms in total.